The van der Waals surface area contributed by atoms with Crippen molar-refractivity contribution in [2.45, 2.75) is 13.8 Å². The molecule has 0 amide bonds. The molecule has 1 aromatic heterocycles. The van der Waals surface area contributed by atoms with Crippen molar-refractivity contribution in [3.8, 4) is 5.75 Å². The molecule has 0 saturated carbocycles. The summed E-state index contributed by atoms with van der Waals surface area (Å²) in [5.74, 6) is 0.634. The molecule has 0 atom stereocenters. The fraction of sp³-hybridized carbons (Fsp3) is 0.214. The van der Waals surface area contributed by atoms with Crippen LogP contribution < -0.4 is 10.5 Å². The molecule has 0 aliphatic carbocycles. The predicted molar refractivity (Wildman–Crippen MR) is 74.5 cm³/mol. The predicted octanol–water partition coefficient (Wildman–Crippen LogP) is 3.27. The van der Waals surface area contributed by atoms with Crippen molar-refractivity contribution in [2.75, 3.05) is 12.3 Å². The number of carbonyl (C=O) groups is 1. The topological polar surface area (TPSA) is 52.3 Å². The molecule has 94 valence electrons. The van der Waals surface area contributed by atoms with E-state index in [9.17, 15) is 4.79 Å². The van der Waals surface area contributed by atoms with E-state index in [-0.39, 0.29) is 5.78 Å². The summed E-state index contributed by atoms with van der Waals surface area (Å²) in [4.78, 5) is 13.0. The Morgan fingerprint density at radius 1 is 1.39 bits per heavy atom. The van der Waals surface area contributed by atoms with Crippen LogP contribution in [0.3, 0.4) is 0 Å². The molecule has 0 fully saturated rings. The lowest BCUT2D eigenvalue weighted by atomic mass is 10.1. The smallest absolute Gasteiger partial charge is 0.203 e. The number of aryl methyl sites for hydroxylation is 1. The van der Waals surface area contributed by atoms with Gasteiger partial charge in [-0.15, -0.1) is 11.3 Å². The van der Waals surface area contributed by atoms with Gasteiger partial charge in [-0.1, -0.05) is 0 Å². The first kappa shape index (κ1) is 12.6. The highest BCUT2D eigenvalue weighted by atomic mass is 32.1. The quantitative estimate of drug-likeness (QED) is 0.679. The molecule has 4 heteroatoms. The van der Waals surface area contributed by atoms with Crippen LogP contribution in [-0.2, 0) is 0 Å². The number of ketones is 1. The third-order valence-electron chi connectivity index (χ3n) is 2.64. The van der Waals surface area contributed by atoms with Gasteiger partial charge in [0.05, 0.1) is 17.2 Å². The number of carbonyl (C=O) groups excluding carboxylic acids is 1. The highest BCUT2D eigenvalue weighted by Crippen LogP contribution is 2.26. The van der Waals surface area contributed by atoms with E-state index in [1.165, 1.54) is 11.3 Å². The Balaban J connectivity index is 2.32. The zero-order valence-electron chi connectivity index (χ0n) is 10.4. The number of benzene rings is 1. The van der Waals surface area contributed by atoms with Gasteiger partial charge < -0.3 is 10.5 Å². The van der Waals surface area contributed by atoms with E-state index in [4.69, 9.17) is 10.5 Å². The first-order valence-electron chi connectivity index (χ1n) is 5.74. The maximum atomic E-state index is 12.3. The summed E-state index contributed by atoms with van der Waals surface area (Å²) in [5.41, 5.74) is 7.96. The Kier molecular flexibility index (Phi) is 3.67. The SMILES string of the molecule is CCOc1ccc(C(=O)c2sccc2C)cc1N. The van der Waals surface area contributed by atoms with Crippen molar-refractivity contribution in [3.05, 3.63) is 45.6 Å². The van der Waals surface area contributed by atoms with Crippen molar-refractivity contribution in [3.63, 3.8) is 0 Å². The number of thiophene rings is 1. The molecule has 1 heterocycles. The van der Waals surface area contributed by atoms with Gasteiger partial charge in [0.2, 0.25) is 5.78 Å². The maximum absolute atomic E-state index is 12.3. The summed E-state index contributed by atoms with van der Waals surface area (Å²) in [7, 11) is 0. The van der Waals surface area contributed by atoms with Gasteiger partial charge in [0.15, 0.2) is 0 Å². The van der Waals surface area contributed by atoms with E-state index in [2.05, 4.69) is 0 Å². The number of anilines is 1. The van der Waals surface area contributed by atoms with Crippen LogP contribution in [0.2, 0.25) is 0 Å². The molecule has 2 aromatic rings. The van der Waals surface area contributed by atoms with Gasteiger partial charge >= 0.3 is 0 Å². The van der Waals surface area contributed by atoms with Crippen molar-refractivity contribution in [1.29, 1.82) is 0 Å². The van der Waals surface area contributed by atoms with Crippen molar-refractivity contribution in [1.82, 2.24) is 0 Å². The molecule has 0 unspecified atom stereocenters. The summed E-state index contributed by atoms with van der Waals surface area (Å²) >= 11 is 1.45. The van der Waals surface area contributed by atoms with Crippen molar-refractivity contribution < 1.29 is 9.53 Å². The fourth-order valence-corrected chi connectivity index (χ4v) is 2.60. The molecule has 3 nitrogen and oxygen atoms in total. The minimum atomic E-state index is 0.0113. The monoisotopic (exact) mass is 261 g/mol. The summed E-state index contributed by atoms with van der Waals surface area (Å²) in [6.07, 6.45) is 0. The van der Waals surface area contributed by atoms with Crippen molar-refractivity contribution in [2.24, 2.45) is 0 Å². The van der Waals surface area contributed by atoms with Crippen LogP contribution >= 0.6 is 11.3 Å². The summed E-state index contributed by atoms with van der Waals surface area (Å²) in [6, 6.07) is 7.11. The fourth-order valence-electron chi connectivity index (χ4n) is 1.71. The molecule has 18 heavy (non-hydrogen) atoms. The van der Waals surface area contributed by atoms with Gasteiger partial charge in [-0.3, -0.25) is 4.79 Å². The molecular weight excluding hydrogens is 246 g/mol. The first-order valence-corrected chi connectivity index (χ1v) is 6.62. The number of nitrogen functional groups attached to an aromatic ring is 1. The standard InChI is InChI=1S/C14H15NO2S/c1-3-17-12-5-4-10(8-11(12)15)13(16)14-9(2)6-7-18-14/h4-8H,3,15H2,1-2H3. The zero-order chi connectivity index (χ0) is 13.1. The van der Waals surface area contributed by atoms with Crippen LogP contribution in [-0.4, -0.2) is 12.4 Å². The van der Waals surface area contributed by atoms with E-state index in [1.54, 1.807) is 18.2 Å². The molecule has 0 saturated heterocycles. The molecule has 0 radical (unpaired) electrons. The van der Waals surface area contributed by atoms with E-state index in [0.717, 1.165) is 10.4 Å². The largest absolute Gasteiger partial charge is 0.492 e. The average molecular weight is 261 g/mol. The highest BCUT2D eigenvalue weighted by molar-refractivity contribution is 7.12. The van der Waals surface area contributed by atoms with Gasteiger partial charge in [0.25, 0.3) is 0 Å². The van der Waals surface area contributed by atoms with Crippen molar-refractivity contribution >= 4 is 22.8 Å². The van der Waals surface area contributed by atoms with Crippen LogP contribution in [0.4, 0.5) is 5.69 Å². The van der Waals surface area contributed by atoms with Gasteiger partial charge in [-0.2, -0.15) is 0 Å². The summed E-state index contributed by atoms with van der Waals surface area (Å²) < 4.78 is 5.35. The first-order chi connectivity index (χ1) is 8.63. The van der Waals surface area contributed by atoms with E-state index < -0.39 is 0 Å². The zero-order valence-corrected chi connectivity index (χ0v) is 11.2. The van der Waals surface area contributed by atoms with Crippen LogP contribution in [0.1, 0.15) is 27.7 Å². The number of ether oxygens (including phenoxy) is 1. The molecule has 0 bridgehead atoms. The van der Waals surface area contributed by atoms with Crippen LogP contribution in [0, 0.1) is 6.92 Å². The minimum absolute atomic E-state index is 0.0113. The second kappa shape index (κ2) is 5.23. The van der Waals surface area contributed by atoms with Gasteiger partial charge in [0, 0.05) is 5.56 Å². The Morgan fingerprint density at radius 3 is 2.72 bits per heavy atom. The van der Waals surface area contributed by atoms with Gasteiger partial charge in [0.1, 0.15) is 5.75 Å². The number of hydrogen-bond donors (Lipinski definition) is 1. The van der Waals surface area contributed by atoms with Gasteiger partial charge in [-0.05, 0) is 49.1 Å². The molecular formula is C14H15NO2S. The normalized spacial score (nSPS) is 10.3. The number of nitrogens with two attached hydrogens (primary N) is 1. The Morgan fingerprint density at radius 2 is 2.17 bits per heavy atom. The minimum Gasteiger partial charge on any atom is -0.492 e. The Hall–Kier alpha value is -1.81. The summed E-state index contributed by atoms with van der Waals surface area (Å²) in [6.45, 7) is 4.39. The molecule has 0 aliphatic heterocycles. The van der Waals surface area contributed by atoms with E-state index in [0.29, 0.717) is 23.6 Å². The second-order valence-electron chi connectivity index (χ2n) is 3.95. The molecule has 0 spiro atoms. The van der Waals surface area contributed by atoms with E-state index in [1.807, 2.05) is 25.3 Å². The molecule has 2 N–H and O–H groups in total. The number of rotatable bonds is 4. The Labute approximate surface area is 110 Å². The molecule has 0 aliphatic rings. The molecule has 1 aromatic carbocycles. The van der Waals surface area contributed by atoms with Crippen LogP contribution in [0.25, 0.3) is 0 Å². The highest BCUT2D eigenvalue weighted by Gasteiger charge is 2.14. The lowest BCUT2D eigenvalue weighted by Gasteiger charge is -2.08. The average Bonchev–Trinajstić information content (AvgIpc) is 2.77. The molecule has 2 rings (SSSR count). The lowest BCUT2D eigenvalue weighted by Crippen LogP contribution is -2.03. The Bertz CT molecular complexity index is 575. The summed E-state index contributed by atoms with van der Waals surface area (Å²) in [5, 5.41) is 1.92. The third kappa shape index (κ3) is 2.38. The van der Waals surface area contributed by atoms with Crippen LogP contribution in [0.5, 0.6) is 5.75 Å². The van der Waals surface area contributed by atoms with Crippen LogP contribution in [0.15, 0.2) is 29.6 Å². The van der Waals surface area contributed by atoms with E-state index >= 15 is 0 Å². The second-order valence-corrected chi connectivity index (χ2v) is 4.86. The lowest BCUT2D eigenvalue weighted by molar-refractivity contribution is 0.104. The maximum Gasteiger partial charge on any atom is 0.203 e. The number of hydrogen-bond acceptors (Lipinski definition) is 4. The third-order valence-corrected chi connectivity index (χ3v) is 3.66. The van der Waals surface area contributed by atoms with Gasteiger partial charge in [-0.25, -0.2) is 0 Å².